The lowest BCUT2D eigenvalue weighted by molar-refractivity contribution is 0.669. The summed E-state index contributed by atoms with van der Waals surface area (Å²) in [4.78, 5) is 4.63. The topological polar surface area (TPSA) is 24.6 Å². The van der Waals surface area contributed by atoms with Gasteiger partial charge in [0.1, 0.15) is 11.2 Å². The van der Waals surface area contributed by atoms with Crippen molar-refractivity contribution in [1.29, 1.82) is 0 Å². The second kappa shape index (κ2) is 15.2. The van der Waals surface area contributed by atoms with Crippen LogP contribution in [0.15, 0.2) is 241 Å². The van der Waals surface area contributed by atoms with Gasteiger partial charge in [-0.2, -0.15) is 0 Å². The van der Waals surface area contributed by atoms with Gasteiger partial charge in [-0.15, -0.1) is 11.3 Å². The molecule has 0 amide bonds. The first kappa shape index (κ1) is 32.3. The summed E-state index contributed by atoms with van der Waals surface area (Å²) in [6, 6.07) is 69.5. The molecular weight excluding hydrogens is 811 g/mol. The highest BCUT2D eigenvalue weighted by molar-refractivity contribution is 7.26. The molecular formula is C60H39N3OS. The molecule has 0 saturated heterocycles. The van der Waals surface area contributed by atoms with Crippen LogP contribution in [0.2, 0.25) is 0 Å². The quantitative estimate of drug-likeness (QED) is 0.152. The van der Waals surface area contributed by atoms with E-state index in [1.165, 1.54) is 0 Å². The molecule has 0 N–H and O–H groups in total. The van der Waals surface area contributed by atoms with E-state index in [1.54, 1.807) is 11.3 Å². The van der Waals surface area contributed by atoms with Crippen molar-refractivity contribution in [3.8, 4) is 16.8 Å². The second-order valence-corrected chi connectivity index (χ2v) is 17.2. The molecule has 13 rings (SSSR count). The minimum absolute atomic E-state index is 0.117. The van der Waals surface area contributed by atoms with Crippen LogP contribution in [-0.4, -0.2) is 4.57 Å². The Balaban J connectivity index is 1.18. The zero-order chi connectivity index (χ0) is 47.2. The number of fused-ring (bicyclic) bond motifs is 10. The first-order valence-electron chi connectivity index (χ1n) is 24.1. The molecule has 0 bridgehead atoms. The molecule has 0 spiro atoms. The summed E-state index contributed by atoms with van der Waals surface area (Å²) in [5.41, 5.74) is 11.0. The third kappa shape index (κ3) is 6.05. The molecule has 0 unspecified atom stereocenters. The van der Waals surface area contributed by atoms with Crippen molar-refractivity contribution in [3.63, 3.8) is 0 Å². The summed E-state index contributed by atoms with van der Waals surface area (Å²) in [5.74, 6) is 0. The lowest BCUT2D eigenvalue weighted by Crippen LogP contribution is -2.13. The lowest BCUT2D eigenvalue weighted by Gasteiger charge is -2.30. The molecule has 13 aromatic rings. The van der Waals surface area contributed by atoms with Crippen molar-refractivity contribution < 1.29 is 11.3 Å². The van der Waals surface area contributed by atoms with E-state index in [9.17, 15) is 2.74 Å². The van der Waals surface area contributed by atoms with Crippen LogP contribution in [0.25, 0.3) is 80.7 Å². The van der Waals surface area contributed by atoms with Crippen molar-refractivity contribution in [3.05, 3.63) is 236 Å². The lowest BCUT2D eigenvalue weighted by atomic mass is 9.97. The molecule has 0 aliphatic rings. The average Bonchev–Trinajstić information content (AvgIpc) is 4.09. The zero-order valence-electron chi connectivity index (χ0n) is 39.8. The number of hydrogen-bond donors (Lipinski definition) is 0. The minimum atomic E-state index is -0.426. The fraction of sp³-hybridized carbons (Fsp3) is 0. The predicted molar refractivity (Wildman–Crippen MR) is 276 cm³/mol. The van der Waals surface area contributed by atoms with E-state index in [4.69, 9.17) is 8.53 Å². The van der Waals surface area contributed by atoms with Crippen LogP contribution in [-0.2, 0) is 0 Å². The molecule has 0 saturated carbocycles. The van der Waals surface area contributed by atoms with Crippen LogP contribution < -0.4 is 9.80 Å². The van der Waals surface area contributed by atoms with Gasteiger partial charge in [0.15, 0.2) is 0 Å². The van der Waals surface area contributed by atoms with Crippen LogP contribution in [0.1, 0.15) is 6.85 Å². The molecule has 0 fully saturated rings. The molecule has 0 atom stereocenters. The van der Waals surface area contributed by atoms with Gasteiger partial charge < -0.3 is 18.8 Å². The van der Waals surface area contributed by atoms with Crippen molar-refractivity contribution in [2.45, 2.75) is 0 Å². The number of anilines is 6. The number of aromatic nitrogens is 1. The van der Waals surface area contributed by atoms with Crippen LogP contribution >= 0.6 is 11.3 Å². The van der Waals surface area contributed by atoms with Gasteiger partial charge >= 0.3 is 0 Å². The highest BCUT2D eigenvalue weighted by Gasteiger charge is 2.26. The van der Waals surface area contributed by atoms with E-state index in [2.05, 4.69) is 149 Å². The summed E-state index contributed by atoms with van der Waals surface area (Å²) in [6.07, 6.45) is 0. The third-order valence-electron chi connectivity index (χ3n) is 12.4. The van der Waals surface area contributed by atoms with Crippen LogP contribution in [0.4, 0.5) is 34.1 Å². The number of nitrogens with zero attached hydrogens (tertiary/aromatic N) is 3. The van der Waals surface area contributed by atoms with Gasteiger partial charge in [-0.25, -0.2) is 0 Å². The number of para-hydroxylation sites is 6. The Labute approximate surface area is 386 Å². The van der Waals surface area contributed by atoms with Gasteiger partial charge in [0.2, 0.25) is 0 Å². The Bertz CT molecular complexity index is 4140. The molecule has 306 valence electrons. The molecule has 0 aliphatic carbocycles. The number of benzene rings is 10. The molecule has 3 aromatic heterocycles. The molecule has 4 nitrogen and oxygen atoms in total. The summed E-state index contributed by atoms with van der Waals surface area (Å²) >= 11 is 1.70. The molecule has 0 aliphatic heterocycles. The Morgan fingerprint density at radius 2 is 1.03 bits per heavy atom. The third-order valence-corrected chi connectivity index (χ3v) is 13.6. The fourth-order valence-corrected chi connectivity index (χ4v) is 10.9. The monoisotopic (exact) mass is 854 g/mol. The van der Waals surface area contributed by atoms with Gasteiger partial charge in [-0.05, 0) is 109 Å². The molecule has 10 aromatic carbocycles. The first-order valence-corrected chi connectivity index (χ1v) is 22.4. The Kier molecular flexibility index (Phi) is 7.54. The molecule has 65 heavy (non-hydrogen) atoms. The number of hydrogen-bond acceptors (Lipinski definition) is 4. The van der Waals surface area contributed by atoms with E-state index >= 15 is 0 Å². The Hall–Kier alpha value is -8.38. The Morgan fingerprint density at radius 1 is 0.446 bits per heavy atom. The summed E-state index contributed by atoms with van der Waals surface area (Å²) < 4.78 is 55.0. The van der Waals surface area contributed by atoms with Crippen molar-refractivity contribution in [1.82, 2.24) is 4.57 Å². The molecule has 0 radical (unpaired) electrons. The van der Waals surface area contributed by atoms with Crippen molar-refractivity contribution >= 4 is 109 Å². The molecule has 5 heteroatoms. The second-order valence-electron chi connectivity index (χ2n) is 16.1. The largest absolute Gasteiger partial charge is 0.456 e. The van der Waals surface area contributed by atoms with Gasteiger partial charge in [0.25, 0.3) is 0 Å². The zero-order valence-corrected chi connectivity index (χ0v) is 35.6. The number of rotatable bonds is 8. The normalized spacial score (nSPS) is 12.8. The van der Waals surface area contributed by atoms with Gasteiger partial charge in [0, 0.05) is 76.0 Å². The number of furan rings is 1. The SMILES string of the molecule is [2H]c1c([2H])c([2H])c(-n2c3ccccc3c3cc(-c4cc(N(c5ccccc5)c5ccccc5)cc(N(c5ccccc5)c5cccc6oc7ccccc7c56)c4)c4sc5ccccc5c4c32)c([2H])c1[2H]. The standard InChI is InChI=1S/C60H39N3OS/c1-5-20-41(21-6-1)61(42-22-7-2-8-23-42)45-36-40(37-46(38-45)62(43-24-9-3-10-25-43)53-32-19-34-55-57(53)48-29-14-17-33-54(48)64-55)50-39-51-47-28-13-16-31-52(47)63(44-26-11-4-12-27-44)59(51)58-49-30-15-18-35-56(49)65-60(50)58/h1-39H/i4D,11D,12D,26D,27D. The average molecular weight is 855 g/mol. The van der Waals surface area contributed by atoms with Crippen molar-refractivity contribution in [2.75, 3.05) is 9.80 Å². The predicted octanol–water partition coefficient (Wildman–Crippen LogP) is 17.7. The maximum atomic E-state index is 9.26. The van der Waals surface area contributed by atoms with Crippen LogP contribution in [0.5, 0.6) is 0 Å². The maximum absolute atomic E-state index is 9.26. The first-order chi connectivity index (χ1) is 34.3. The minimum Gasteiger partial charge on any atom is -0.456 e. The van der Waals surface area contributed by atoms with E-state index in [-0.39, 0.29) is 29.9 Å². The van der Waals surface area contributed by atoms with Gasteiger partial charge in [-0.3, -0.25) is 0 Å². The van der Waals surface area contributed by atoms with Gasteiger partial charge in [0.05, 0.1) is 29.0 Å². The molecule has 3 heterocycles. The highest BCUT2D eigenvalue weighted by Crippen LogP contribution is 2.51. The van der Waals surface area contributed by atoms with Crippen molar-refractivity contribution in [2.24, 2.45) is 0 Å². The smallest absolute Gasteiger partial charge is 0.137 e. The van der Waals surface area contributed by atoms with E-state index < -0.39 is 6.04 Å². The summed E-state index contributed by atoms with van der Waals surface area (Å²) in [7, 11) is 0. The van der Waals surface area contributed by atoms with Crippen LogP contribution in [0.3, 0.4) is 0 Å². The summed E-state index contributed by atoms with van der Waals surface area (Å²) in [6.45, 7) is 0. The van der Waals surface area contributed by atoms with Gasteiger partial charge in [-0.1, -0.05) is 133 Å². The fourth-order valence-electron chi connectivity index (χ4n) is 9.70. The highest BCUT2D eigenvalue weighted by atomic mass is 32.1. The maximum Gasteiger partial charge on any atom is 0.137 e. The number of thiophene rings is 1. The summed E-state index contributed by atoms with van der Waals surface area (Å²) in [5, 5.41) is 5.79. The van der Waals surface area contributed by atoms with E-state index in [0.29, 0.717) is 0 Å². The van der Waals surface area contributed by atoms with Crippen LogP contribution in [0, 0.1) is 0 Å². The van der Waals surface area contributed by atoms with E-state index in [1.807, 2.05) is 71.3 Å². The van der Waals surface area contributed by atoms with E-state index in [0.717, 1.165) is 109 Å². The Morgan fingerprint density at radius 3 is 1.75 bits per heavy atom.